The van der Waals surface area contributed by atoms with E-state index in [9.17, 15) is 9.59 Å². The first-order chi connectivity index (χ1) is 12.1. The first kappa shape index (κ1) is 17.7. The molecule has 1 aliphatic rings. The summed E-state index contributed by atoms with van der Waals surface area (Å²) < 4.78 is 6.29. The van der Waals surface area contributed by atoms with Crippen LogP contribution in [0.3, 0.4) is 0 Å². The van der Waals surface area contributed by atoms with Crippen molar-refractivity contribution in [1.29, 1.82) is 0 Å². The number of halogens is 1. The summed E-state index contributed by atoms with van der Waals surface area (Å²) in [6.45, 7) is 2.28. The second kappa shape index (κ2) is 8.33. The lowest BCUT2D eigenvalue weighted by atomic mass is 10.2. The number of carbonyl (C=O) groups excluding carboxylic acids is 2. The minimum atomic E-state index is -0.328. The SMILES string of the molecule is O=C(OCc1ccccc1)N1CCN(C(=O)c2ccccc2I)CC1. The Morgan fingerprint density at radius 3 is 2.16 bits per heavy atom. The van der Waals surface area contributed by atoms with Gasteiger partial charge in [0.2, 0.25) is 0 Å². The smallest absolute Gasteiger partial charge is 0.410 e. The van der Waals surface area contributed by atoms with Gasteiger partial charge in [-0.2, -0.15) is 0 Å². The standard InChI is InChI=1S/C19H19IN2O3/c20-17-9-5-4-8-16(17)18(23)21-10-12-22(13-11-21)19(24)25-14-15-6-2-1-3-7-15/h1-9H,10-14H2. The van der Waals surface area contributed by atoms with Gasteiger partial charge in [0.15, 0.2) is 0 Å². The molecule has 6 heteroatoms. The Bertz CT molecular complexity index is 743. The summed E-state index contributed by atoms with van der Waals surface area (Å²) >= 11 is 2.17. The van der Waals surface area contributed by atoms with Crippen molar-refractivity contribution in [3.63, 3.8) is 0 Å². The fraction of sp³-hybridized carbons (Fsp3) is 0.263. The molecule has 2 aromatic rings. The molecule has 0 N–H and O–H groups in total. The zero-order valence-electron chi connectivity index (χ0n) is 13.7. The van der Waals surface area contributed by atoms with E-state index in [1.807, 2.05) is 54.6 Å². The molecular weight excluding hydrogens is 431 g/mol. The summed E-state index contributed by atoms with van der Waals surface area (Å²) in [5.41, 5.74) is 1.67. The Morgan fingerprint density at radius 1 is 0.880 bits per heavy atom. The Kier molecular flexibility index (Phi) is 5.91. The molecule has 0 aromatic heterocycles. The average Bonchev–Trinajstić information content (AvgIpc) is 2.67. The van der Waals surface area contributed by atoms with Crippen LogP contribution in [0.2, 0.25) is 0 Å². The van der Waals surface area contributed by atoms with Crippen molar-refractivity contribution in [1.82, 2.24) is 9.80 Å². The normalized spacial score (nSPS) is 14.3. The predicted molar refractivity (Wildman–Crippen MR) is 103 cm³/mol. The molecule has 0 spiro atoms. The molecule has 25 heavy (non-hydrogen) atoms. The van der Waals surface area contributed by atoms with Crippen LogP contribution in [0.4, 0.5) is 4.79 Å². The van der Waals surface area contributed by atoms with Crippen LogP contribution in [0.1, 0.15) is 15.9 Å². The maximum Gasteiger partial charge on any atom is 0.410 e. The van der Waals surface area contributed by atoms with E-state index in [1.54, 1.807) is 9.80 Å². The zero-order valence-corrected chi connectivity index (χ0v) is 15.9. The Balaban J connectivity index is 1.50. The van der Waals surface area contributed by atoms with E-state index in [0.29, 0.717) is 31.7 Å². The molecule has 5 nitrogen and oxygen atoms in total. The molecule has 1 fully saturated rings. The fourth-order valence-corrected chi connectivity index (χ4v) is 3.33. The van der Waals surface area contributed by atoms with Gasteiger partial charge in [0, 0.05) is 29.7 Å². The number of ether oxygens (including phenoxy) is 1. The van der Waals surface area contributed by atoms with Crippen LogP contribution in [0, 0.1) is 3.57 Å². The van der Waals surface area contributed by atoms with Crippen LogP contribution in [-0.2, 0) is 11.3 Å². The van der Waals surface area contributed by atoms with E-state index in [0.717, 1.165) is 9.13 Å². The first-order valence-corrected chi connectivity index (χ1v) is 9.22. The number of carbonyl (C=O) groups is 2. The molecule has 2 amide bonds. The first-order valence-electron chi connectivity index (χ1n) is 8.14. The molecule has 0 bridgehead atoms. The molecule has 3 rings (SSSR count). The summed E-state index contributed by atoms with van der Waals surface area (Å²) in [6.07, 6.45) is -0.328. The third-order valence-corrected chi connectivity index (χ3v) is 5.08. The molecule has 1 aliphatic heterocycles. The van der Waals surface area contributed by atoms with Crippen LogP contribution in [0.5, 0.6) is 0 Å². The molecule has 130 valence electrons. The van der Waals surface area contributed by atoms with E-state index < -0.39 is 0 Å². The molecule has 0 saturated carbocycles. The van der Waals surface area contributed by atoms with Gasteiger partial charge in [0.05, 0.1) is 5.56 Å². The van der Waals surface area contributed by atoms with Crippen LogP contribution < -0.4 is 0 Å². The summed E-state index contributed by atoms with van der Waals surface area (Å²) in [5, 5.41) is 0. The molecule has 0 radical (unpaired) electrons. The van der Waals surface area contributed by atoms with Gasteiger partial charge in [0.1, 0.15) is 6.61 Å². The van der Waals surface area contributed by atoms with Crippen molar-refractivity contribution in [2.45, 2.75) is 6.61 Å². The number of benzene rings is 2. The van der Waals surface area contributed by atoms with Crippen molar-refractivity contribution < 1.29 is 14.3 Å². The average molecular weight is 450 g/mol. The highest BCUT2D eigenvalue weighted by Gasteiger charge is 2.26. The number of nitrogens with zero attached hydrogens (tertiary/aromatic N) is 2. The van der Waals surface area contributed by atoms with Crippen molar-refractivity contribution in [3.8, 4) is 0 Å². The largest absolute Gasteiger partial charge is 0.445 e. The molecule has 1 saturated heterocycles. The fourth-order valence-electron chi connectivity index (χ4n) is 2.71. The van der Waals surface area contributed by atoms with E-state index >= 15 is 0 Å². The molecule has 0 atom stereocenters. The maximum absolute atomic E-state index is 12.6. The minimum absolute atomic E-state index is 0.0160. The van der Waals surface area contributed by atoms with Gasteiger partial charge in [-0.1, -0.05) is 42.5 Å². The predicted octanol–water partition coefficient (Wildman–Crippen LogP) is 3.39. The van der Waals surface area contributed by atoms with Crippen LogP contribution >= 0.6 is 22.6 Å². The number of hydrogen-bond acceptors (Lipinski definition) is 3. The molecule has 0 aliphatic carbocycles. The van der Waals surface area contributed by atoms with E-state index in [-0.39, 0.29) is 18.6 Å². The molecule has 1 heterocycles. The van der Waals surface area contributed by atoms with E-state index in [2.05, 4.69) is 22.6 Å². The van der Waals surface area contributed by atoms with Gasteiger partial charge in [-0.3, -0.25) is 4.79 Å². The zero-order chi connectivity index (χ0) is 17.6. The van der Waals surface area contributed by atoms with Gasteiger partial charge < -0.3 is 14.5 Å². The van der Waals surface area contributed by atoms with Crippen molar-refractivity contribution in [3.05, 3.63) is 69.3 Å². The minimum Gasteiger partial charge on any atom is -0.445 e. The van der Waals surface area contributed by atoms with Gasteiger partial charge in [0.25, 0.3) is 5.91 Å². The number of hydrogen-bond donors (Lipinski definition) is 0. The molecular formula is C19H19IN2O3. The van der Waals surface area contributed by atoms with Crippen molar-refractivity contribution in [2.24, 2.45) is 0 Å². The van der Waals surface area contributed by atoms with Crippen molar-refractivity contribution >= 4 is 34.6 Å². The Morgan fingerprint density at radius 2 is 1.48 bits per heavy atom. The summed E-state index contributed by atoms with van der Waals surface area (Å²) in [4.78, 5) is 28.2. The summed E-state index contributed by atoms with van der Waals surface area (Å²) in [6, 6.07) is 17.1. The number of piperazine rings is 1. The molecule has 2 aromatic carbocycles. The third-order valence-electron chi connectivity index (χ3n) is 4.13. The van der Waals surface area contributed by atoms with Crippen molar-refractivity contribution in [2.75, 3.05) is 26.2 Å². The summed E-state index contributed by atoms with van der Waals surface area (Å²) in [7, 11) is 0. The Labute approximate surface area is 160 Å². The van der Waals surface area contributed by atoms with E-state index in [1.165, 1.54) is 0 Å². The number of rotatable bonds is 3. The topological polar surface area (TPSA) is 49.9 Å². The highest BCUT2D eigenvalue weighted by Crippen LogP contribution is 2.16. The lowest BCUT2D eigenvalue weighted by molar-refractivity contribution is 0.0543. The highest BCUT2D eigenvalue weighted by atomic mass is 127. The Hall–Kier alpha value is -2.09. The van der Waals surface area contributed by atoms with Crippen LogP contribution in [-0.4, -0.2) is 48.0 Å². The lowest BCUT2D eigenvalue weighted by Crippen LogP contribution is -2.50. The van der Waals surface area contributed by atoms with Crippen LogP contribution in [0.15, 0.2) is 54.6 Å². The second-order valence-corrected chi connectivity index (χ2v) is 6.96. The van der Waals surface area contributed by atoms with Gasteiger partial charge in [-0.15, -0.1) is 0 Å². The van der Waals surface area contributed by atoms with Gasteiger partial charge in [-0.25, -0.2) is 4.79 Å². The third kappa shape index (κ3) is 4.50. The number of amides is 2. The lowest BCUT2D eigenvalue weighted by Gasteiger charge is -2.34. The quantitative estimate of drug-likeness (QED) is 0.674. The van der Waals surface area contributed by atoms with Gasteiger partial charge >= 0.3 is 6.09 Å². The summed E-state index contributed by atoms with van der Waals surface area (Å²) in [5.74, 6) is 0.0160. The molecule has 0 unspecified atom stereocenters. The highest BCUT2D eigenvalue weighted by molar-refractivity contribution is 14.1. The van der Waals surface area contributed by atoms with Gasteiger partial charge in [-0.05, 0) is 40.3 Å². The van der Waals surface area contributed by atoms with E-state index in [4.69, 9.17) is 4.74 Å². The maximum atomic E-state index is 12.6. The second-order valence-electron chi connectivity index (χ2n) is 5.80. The van der Waals surface area contributed by atoms with Crippen LogP contribution in [0.25, 0.3) is 0 Å². The monoisotopic (exact) mass is 450 g/mol.